The van der Waals surface area contributed by atoms with Crippen molar-refractivity contribution < 1.29 is 4.79 Å². The van der Waals surface area contributed by atoms with E-state index in [4.69, 9.17) is 11.6 Å². The Labute approximate surface area is 132 Å². The second-order valence-electron chi connectivity index (χ2n) is 4.94. The van der Waals surface area contributed by atoms with Crippen LogP contribution >= 0.6 is 22.9 Å². The second-order valence-corrected chi connectivity index (χ2v) is 6.43. The van der Waals surface area contributed by atoms with E-state index < -0.39 is 0 Å². The minimum atomic E-state index is -0.209. The predicted octanol–water partition coefficient (Wildman–Crippen LogP) is 3.43. The second kappa shape index (κ2) is 6.13. The van der Waals surface area contributed by atoms with Gasteiger partial charge in [-0.3, -0.25) is 15.0 Å². The first-order chi connectivity index (χ1) is 10.2. The van der Waals surface area contributed by atoms with Crippen molar-refractivity contribution in [1.29, 1.82) is 0 Å². The minimum absolute atomic E-state index is 0.209. The van der Waals surface area contributed by atoms with Crippen LogP contribution in [0, 0.1) is 0 Å². The van der Waals surface area contributed by atoms with Crippen LogP contribution in [-0.4, -0.2) is 28.9 Å². The zero-order valence-corrected chi connectivity index (χ0v) is 13.3. The molecule has 0 spiro atoms. The molecule has 110 valence electrons. The average molecular weight is 322 g/mol. The van der Waals surface area contributed by atoms with Gasteiger partial charge in [-0.05, 0) is 18.7 Å². The van der Waals surface area contributed by atoms with Crippen molar-refractivity contribution in [2.45, 2.75) is 19.9 Å². The Morgan fingerprint density at radius 3 is 3.05 bits per heavy atom. The van der Waals surface area contributed by atoms with Crippen molar-refractivity contribution in [3.63, 3.8) is 0 Å². The number of carbonyl (C=O) groups excluding carboxylic acids is 1. The van der Waals surface area contributed by atoms with E-state index in [9.17, 15) is 4.79 Å². The Hall–Kier alpha value is -1.43. The number of aromatic nitrogens is 1. The van der Waals surface area contributed by atoms with Gasteiger partial charge in [-0.1, -0.05) is 30.7 Å². The number of carbonyl (C=O) groups is 1. The smallest absolute Gasteiger partial charge is 0.258 e. The lowest BCUT2D eigenvalue weighted by atomic mass is 10.2. The molecule has 0 aliphatic carbocycles. The summed E-state index contributed by atoms with van der Waals surface area (Å²) in [6.07, 6.45) is 0.946. The molecule has 0 radical (unpaired) electrons. The number of hydrogen-bond donors (Lipinski definition) is 1. The molecule has 3 rings (SSSR count). The van der Waals surface area contributed by atoms with Crippen LogP contribution in [0.5, 0.6) is 0 Å². The quantitative estimate of drug-likeness (QED) is 0.942. The summed E-state index contributed by atoms with van der Waals surface area (Å²) < 4.78 is 0. The molecule has 1 aliphatic rings. The van der Waals surface area contributed by atoms with E-state index in [0.29, 0.717) is 15.7 Å². The third-order valence-electron chi connectivity index (χ3n) is 3.60. The van der Waals surface area contributed by atoms with Crippen molar-refractivity contribution >= 4 is 34.0 Å². The summed E-state index contributed by atoms with van der Waals surface area (Å²) in [7, 11) is 0. The monoisotopic (exact) mass is 321 g/mol. The number of nitrogens with one attached hydrogen (secondary N) is 1. The highest BCUT2D eigenvalue weighted by atomic mass is 35.5. The lowest BCUT2D eigenvalue weighted by molar-refractivity contribution is 0.102. The molecule has 1 N–H and O–H groups in total. The van der Waals surface area contributed by atoms with E-state index in [2.05, 4.69) is 22.1 Å². The first-order valence-electron chi connectivity index (χ1n) is 6.94. The van der Waals surface area contributed by atoms with Gasteiger partial charge in [0.2, 0.25) is 0 Å². The molecule has 4 nitrogen and oxygen atoms in total. The topological polar surface area (TPSA) is 45.2 Å². The molecule has 2 heterocycles. The number of likely N-dealkylation sites (N-methyl/N-ethyl adjacent to an activating group) is 1. The van der Waals surface area contributed by atoms with Crippen LogP contribution in [0.1, 0.15) is 27.9 Å². The summed E-state index contributed by atoms with van der Waals surface area (Å²) in [6, 6.07) is 7.03. The molecule has 1 amide bonds. The molecular formula is C15H16ClN3OS. The highest BCUT2D eigenvalue weighted by Crippen LogP contribution is 2.28. The van der Waals surface area contributed by atoms with Crippen molar-refractivity contribution in [2.75, 3.05) is 18.4 Å². The highest BCUT2D eigenvalue weighted by molar-refractivity contribution is 7.15. The number of thiazole rings is 1. The third kappa shape index (κ3) is 3.10. The van der Waals surface area contributed by atoms with Crippen LogP contribution in [0.4, 0.5) is 5.13 Å². The normalized spacial score (nSPS) is 14.8. The number of halogens is 1. The van der Waals surface area contributed by atoms with Gasteiger partial charge in [0.15, 0.2) is 5.13 Å². The summed E-state index contributed by atoms with van der Waals surface area (Å²) in [6.45, 7) is 5.15. The molecular weight excluding hydrogens is 306 g/mol. The molecule has 1 aromatic carbocycles. The van der Waals surface area contributed by atoms with Gasteiger partial charge < -0.3 is 0 Å². The fraction of sp³-hybridized carbons (Fsp3) is 0.333. The van der Waals surface area contributed by atoms with E-state index in [0.717, 1.165) is 31.7 Å². The summed E-state index contributed by atoms with van der Waals surface area (Å²) in [5.74, 6) is -0.209. The summed E-state index contributed by atoms with van der Waals surface area (Å²) in [5, 5.41) is 3.96. The molecule has 0 atom stereocenters. The Bertz CT molecular complexity index is 671. The summed E-state index contributed by atoms with van der Waals surface area (Å²) >= 11 is 7.60. The molecule has 1 aromatic heterocycles. The summed E-state index contributed by atoms with van der Waals surface area (Å²) in [5.41, 5.74) is 1.58. The Morgan fingerprint density at radius 1 is 1.48 bits per heavy atom. The van der Waals surface area contributed by atoms with Crippen LogP contribution < -0.4 is 5.32 Å². The van der Waals surface area contributed by atoms with Crippen molar-refractivity contribution in [1.82, 2.24) is 9.88 Å². The van der Waals surface area contributed by atoms with E-state index in [1.165, 1.54) is 4.88 Å². The number of fused-ring (bicyclic) bond motifs is 1. The molecule has 0 saturated carbocycles. The third-order valence-corrected chi connectivity index (χ3v) is 4.92. The zero-order chi connectivity index (χ0) is 14.8. The Kier molecular flexibility index (Phi) is 4.24. The van der Waals surface area contributed by atoms with Crippen LogP contribution in [0.3, 0.4) is 0 Å². The fourth-order valence-electron chi connectivity index (χ4n) is 2.38. The highest BCUT2D eigenvalue weighted by Gasteiger charge is 2.20. The zero-order valence-electron chi connectivity index (χ0n) is 11.7. The fourth-order valence-corrected chi connectivity index (χ4v) is 3.65. The first-order valence-corrected chi connectivity index (χ1v) is 8.13. The maximum Gasteiger partial charge on any atom is 0.258 e. The van der Waals surface area contributed by atoms with Gasteiger partial charge >= 0.3 is 0 Å². The number of hydrogen-bond acceptors (Lipinski definition) is 4. The summed E-state index contributed by atoms with van der Waals surface area (Å²) in [4.78, 5) is 20.4. The van der Waals surface area contributed by atoms with Crippen molar-refractivity contribution in [2.24, 2.45) is 0 Å². The van der Waals surface area contributed by atoms with E-state index in [-0.39, 0.29) is 5.91 Å². The Balaban J connectivity index is 1.76. The average Bonchev–Trinajstić information content (AvgIpc) is 2.88. The maximum atomic E-state index is 12.2. The largest absolute Gasteiger partial charge is 0.298 e. The van der Waals surface area contributed by atoms with Crippen molar-refractivity contribution in [3.8, 4) is 0 Å². The standard InChI is InChI=1S/C15H16ClN3OS/c1-2-19-8-7-12-13(9-19)21-15(17-12)18-14(20)10-5-3-4-6-11(10)16/h3-6H,2,7-9H2,1H3,(H,17,18,20). The molecule has 1 aliphatic heterocycles. The molecule has 0 fully saturated rings. The van der Waals surface area contributed by atoms with Crippen LogP contribution in [0.25, 0.3) is 0 Å². The molecule has 21 heavy (non-hydrogen) atoms. The first kappa shape index (κ1) is 14.5. The number of nitrogens with zero attached hydrogens (tertiary/aromatic N) is 2. The number of rotatable bonds is 3. The van der Waals surface area contributed by atoms with Gasteiger partial charge in [-0.2, -0.15) is 0 Å². The lowest BCUT2D eigenvalue weighted by Crippen LogP contribution is -2.29. The minimum Gasteiger partial charge on any atom is -0.298 e. The van der Waals surface area contributed by atoms with Crippen LogP contribution in [0.15, 0.2) is 24.3 Å². The van der Waals surface area contributed by atoms with Gasteiger partial charge in [0.25, 0.3) is 5.91 Å². The maximum absolute atomic E-state index is 12.2. The van der Waals surface area contributed by atoms with Gasteiger partial charge in [-0.25, -0.2) is 4.98 Å². The van der Waals surface area contributed by atoms with Gasteiger partial charge in [0.1, 0.15) is 0 Å². The number of anilines is 1. The number of amides is 1. The van der Waals surface area contributed by atoms with Crippen LogP contribution in [0.2, 0.25) is 5.02 Å². The molecule has 0 bridgehead atoms. The number of benzene rings is 1. The van der Waals surface area contributed by atoms with Gasteiger partial charge in [-0.15, -0.1) is 11.3 Å². The Morgan fingerprint density at radius 2 is 2.29 bits per heavy atom. The van der Waals surface area contributed by atoms with Crippen LogP contribution in [-0.2, 0) is 13.0 Å². The molecule has 0 unspecified atom stereocenters. The van der Waals surface area contributed by atoms with Crippen molar-refractivity contribution in [3.05, 3.63) is 45.4 Å². The molecule has 2 aromatic rings. The van der Waals surface area contributed by atoms with Gasteiger partial charge in [0, 0.05) is 24.4 Å². The molecule has 0 saturated heterocycles. The lowest BCUT2D eigenvalue weighted by Gasteiger charge is -2.23. The van der Waals surface area contributed by atoms with Gasteiger partial charge in [0.05, 0.1) is 16.3 Å². The van der Waals surface area contributed by atoms with E-state index >= 15 is 0 Å². The predicted molar refractivity (Wildman–Crippen MR) is 86.2 cm³/mol. The molecule has 6 heteroatoms. The van der Waals surface area contributed by atoms with E-state index in [1.807, 2.05) is 0 Å². The SMILES string of the molecule is CCN1CCc2nc(NC(=O)c3ccccc3Cl)sc2C1. The van der Waals surface area contributed by atoms with E-state index in [1.54, 1.807) is 35.6 Å².